The molecule has 2 nitrogen and oxygen atoms in total. The predicted octanol–water partition coefficient (Wildman–Crippen LogP) is 2.15. The van der Waals surface area contributed by atoms with Gasteiger partial charge >= 0.3 is 0 Å². The van der Waals surface area contributed by atoms with Crippen LogP contribution in [-0.4, -0.2) is 19.1 Å². The Hall–Kier alpha value is -1.02. The Balaban J connectivity index is 1.92. The molecule has 94 valence electrons. The van der Waals surface area contributed by atoms with Gasteiger partial charge < -0.3 is 10.2 Å². The zero-order valence-corrected chi connectivity index (χ0v) is 11.2. The van der Waals surface area contributed by atoms with E-state index in [0.29, 0.717) is 6.04 Å². The fourth-order valence-electron chi connectivity index (χ4n) is 2.37. The zero-order valence-electron chi connectivity index (χ0n) is 11.2. The number of quaternary nitrogens is 1. The van der Waals surface area contributed by atoms with Crippen molar-refractivity contribution >= 4 is 5.69 Å². The summed E-state index contributed by atoms with van der Waals surface area (Å²) in [4.78, 5) is 2.51. The maximum Gasteiger partial charge on any atom is 0.101 e. The Kier molecular flexibility index (Phi) is 4.43. The van der Waals surface area contributed by atoms with Gasteiger partial charge in [-0.1, -0.05) is 12.1 Å². The summed E-state index contributed by atoms with van der Waals surface area (Å²) in [5.41, 5.74) is 2.83. The van der Waals surface area contributed by atoms with Crippen LogP contribution in [-0.2, 0) is 6.54 Å². The summed E-state index contributed by atoms with van der Waals surface area (Å²) < 4.78 is 0. The molecule has 0 atom stereocenters. The molecule has 0 aliphatic carbocycles. The van der Waals surface area contributed by atoms with E-state index in [1.807, 2.05) is 0 Å². The average molecular weight is 233 g/mol. The number of rotatable bonds is 4. The first-order valence-corrected chi connectivity index (χ1v) is 6.93. The second-order valence-electron chi connectivity index (χ2n) is 5.40. The lowest BCUT2D eigenvalue weighted by Gasteiger charge is -2.28. The molecule has 1 heterocycles. The molecular formula is C15H25N2+. The lowest BCUT2D eigenvalue weighted by Crippen LogP contribution is -2.86. The van der Waals surface area contributed by atoms with E-state index in [0.717, 1.165) is 6.54 Å². The van der Waals surface area contributed by atoms with E-state index in [-0.39, 0.29) is 0 Å². The summed E-state index contributed by atoms with van der Waals surface area (Å²) in [5.74, 6) is 0. The van der Waals surface area contributed by atoms with Gasteiger partial charge in [-0.25, -0.2) is 0 Å². The molecule has 0 spiro atoms. The van der Waals surface area contributed by atoms with E-state index < -0.39 is 0 Å². The molecule has 2 N–H and O–H groups in total. The number of hydrogen-bond donors (Lipinski definition) is 1. The van der Waals surface area contributed by atoms with Gasteiger partial charge in [0.2, 0.25) is 0 Å². The maximum atomic E-state index is 2.51. The Bertz CT molecular complexity index is 323. The van der Waals surface area contributed by atoms with Crippen molar-refractivity contribution in [2.75, 3.05) is 18.0 Å². The first-order valence-electron chi connectivity index (χ1n) is 6.93. The minimum Gasteiger partial charge on any atom is -0.372 e. The van der Waals surface area contributed by atoms with Gasteiger partial charge in [-0.05, 0) is 45.2 Å². The van der Waals surface area contributed by atoms with Crippen LogP contribution in [0.15, 0.2) is 24.3 Å². The molecule has 0 saturated carbocycles. The molecule has 0 radical (unpaired) electrons. The molecule has 1 aromatic rings. The van der Waals surface area contributed by atoms with Crippen LogP contribution in [0.5, 0.6) is 0 Å². The number of benzene rings is 1. The van der Waals surface area contributed by atoms with E-state index in [4.69, 9.17) is 0 Å². The molecule has 0 unspecified atom stereocenters. The molecule has 1 fully saturated rings. The molecule has 2 rings (SSSR count). The molecule has 1 aliphatic heterocycles. The molecule has 17 heavy (non-hydrogen) atoms. The zero-order chi connectivity index (χ0) is 12.1. The average Bonchev–Trinajstić information content (AvgIpc) is 2.38. The summed E-state index contributed by atoms with van der Waals surface area (Å²) >= 11 is 0. The van der Waals surface area contributed by atoms with E-state index >= 15 is 0 Å². The monoisotopic (exact) mass is 233 g/mol. The van der Waals surface area contributed by atoms with Crippen molar-refractivity contribution < 1.29 is 5.32 Å². The van der Waals surface area contributed by atoms with Crippen molar-refractivity contribution in [2.45, 2.75) is 45.7 Å². The smallest absolute Gasteiger partial charge is 0.101 e. The largest absolute Gasteiger partial charge is 0.372 e. The highest BCUT2D eigenvalue weighted by atomic mass is 15.1. The van der Waals surface area contributed by atoms with Crippen LogP contribution in [0.2, 0.25) is 0 Å². The third-order valence-corrected chi connectivity index (χ3v) is 3.48. The lowest BCUT2D eigenvalue weighted by molar-refractivity contribution is -0.698. The van der Waals surface area contributed by atoms with Gasteiger partial charge in [0.1, 0.15) is 6.54 Å². The van der Waals surface area contributed by atoms with Crippen molar-refractivity contribution in [3.05, 3.63) is 29.8 Å². The SMILES string of the molecule is CC(C)[NH2+]Cc1ccc(N2CCCCC2)cc1. The number of nitrogens with two attached hydrogens (primary N) is 1. The van der Waals surface area contributed by atoms with Crippen LogP contribution in [0.1, 0.15) is 38.7 Å². The lowest BCUT2D eigenvalue weighted by atomic mass is 10.1. The molecule has 0 aromatic heterocycles. The number of hydrogen-bond acceptors (Lipinski definition) is 1. The van der Waals surface area contributed by atoms with Crippen LogP contribution in [0.25, 0.3) is 0 Å². The molecule has 0 bridgehead atoms. The quantitative estimate of drug-likeness (QED) is 0.844. The summed E-state index contributed by atoms with van der Waals surface area (Å²) in [6, 6.07) is 9.81. The van der Waals surface area contributed by atoms with Crippen LogP contribution >= 0.6 is 0 Å². The van der Waals surface area contributed by atoms with Gasteiger partial charge in [-0.2, -0.15) is 0 Å². The molecule has 1 saturated heterocycles. The maximum absolute atomic E-state index is 2.51. The van der Waals surface area contributed by atoms with Crippen molar-refractivity contribution in [2.24, 2.45) is 0 Å². The highest BCUT2D eigenvalue weighted by molar-refractivity contribution is 5.47. The van der Waals surface area contributed by atoms with Crippen LogP contribution in [0.3, 0.4) is 0 Å². The Morgan fingerprint density at radius 2 is 1.71 bits per heavy atom. The summed E-state index contributed by atoms with van der Waals surface area (Å²) in [6.07, 6.45) is 4.10. The molecule has 1 aromatic carbocycles. The Morgan fingerprint density at radius 3 is 2.29 bits per heavy atom. The molecule has 0 amide bonds. The minimum atomic E-state index is 0.678. The normalized spacial score (nSPS) is 16.5. The summed E-state index contributed by atoms with van der Waals surface area (Å²) in [7, 11) is 0. The van der Waals surface area contributed by atoms with Crippen molar-refractivity contribution in [3.63, 3.8) is 0 Å². The van der Waals surface area contributed by atoms with Gasteiger partial charge in [0.15, 0.2) is 0 Å². The van der Waals surface area contributed by atoms with Gasteiger partial charge in [0.25, 0.3) is 0 Å². The third-order valence-electron chi connectivity index (χ3n) is 3.48. The van der Waals surface area contributed by atoms with Crippen molar-refractivity contribution in [3.8, 4) is 0 Å². The van der Waals surface area contributed by atoms with Crippen molar-refractivity contribution in [1.29, 1.82) is 0 Å². The topological polar surface area (TPSA) is 19.9 Å². The van der Waals surface area contributed by atoms with E-state index in [9.17, 15) is 0 Å². The van der Waals surface area contributed by atoms with Crippen LogP contribution in [0.4, 0.5) is 5.69 Å². The van der Waals surface area contributed by atoms with E-state index in [2.05, 4.69) is 48.3 Å². The Morgan fingerprint density at radius 1 is 1.06 bits per heavy atom. The standard InChI is InChI=1S/C15H24N2/c1-13(2)16-12-14-6-8-15(9-7-14)17-10-4-3-5-11-17/h6-9,13,16H,3-5,10-12H2,1-2H3/p+1. The third kappa shape index (κ3) is 3.74. The molecule has 1 aliphatic rings. The second kappa shape index (κ2) is 6.06. The Labute approximate surface area is 105 Å². The van der Waals surface area contributed by atoms with E-state index in [1.165, 1.54) is 43.6 Å². The fraction of sp³-hybridized carbons (Fsp3) is 0.600. The number of anilines is 1. The van der Waals surface area contributed by atoms with Gasteiger partial charge in [0.05, 0.1) is 6.04 Å². The highest BCUT2D eigenvalue weighted by Gasteiger charge is 2.10. The van der Waals surface area contributed by atoms with Gasteiger partial charge in [0, 0.05) is 24.3 Å². The summed E-state index contributed by atoms with van der Waals surface area (Å²) in [6.45, 7) is 8.04. The number of nitrogens with zero attached hydrogens (tertiary/aromatic N) is 1. The van der Waals surface area contributed by atoms with Gasteiger partial charge in [-0.3, -0.25) is 0 Å². The number of piperidine rings is 1. The second-order valence-corrected chi connectivity index (χ2v) is 5.40. The van der Waals surface area contributed by atoms with Crippen molar-refractivity contribution in [1.82, 2.24) is 0 Å². The molecule has 2 heteroatoms. The van der Waals surface area contributed by atoms with Crippen LogP contribution in [0, 0.1) is 0 Å². The first kappa shape index (κ1) is 12.4. The predicted molar refractivity (Wildman–Crippen MR) is 73.3 cm³/mol. The van der Waals surface area contributed by atoms with E-state index in [1.54, 1.807) is 0 Å². The van der Waals surface area contributed by atoms with Gasteiger partial charge in [-0.15, -0.1) is 0 Å². The van der Waals surface area contributed by atoms with Crippen LogP contribution < -0.4 is 10.2 Å². The first-order chi connectivity index (χ1) is 8.25. The minimum absolute atomic E-state index is 0.678. The highest BCUT2D eigenvalue weighted by Crippen LogP contribution is 2.19. The summed E-state index contributed by atoms with van der Waals surface area (Å²) in [5, 5.41) is 2.37. The fourth-order valence-corrected chi connectivity index (χ4v) is 2.37. The molecular weight excluding hydrogens is 208 g/mol.